The van der Waals surface area contributed by atoms with E-state index in [4.69, 9.17) is 14.7 Å². The molecule has 2 heterocycles. The van der Waals surface area contributed by atoms with Gasteiger partial charge < -0.3 is 14.7 Å². The largest absolute Gasteiger partial charge is 0.497 e. The lowest BCUT2D eigenvalue weighted by atomic mass is 9.98. The van der Waals surface area contributed by atoms with E-state index in [1.807, 2.05) is 51.2 Å². The zero-order chi connectivity index (χ0) is 23.8. The minimum absolute atomic E-state index is 0.454. The van der Waals surface area contributed by atoms with Crippen molar-refractivity contribution in [3.8, 4) is 5.75 Å². The summed E-state index contributed by atoms with van der Waals surface area (Å²) < 4.78 is 7.50. The van der Waals surface area contributed by atoms with Gasteiger partial charge in [0, 0.05) is 25.7 Å². The van der Waals surface area contributed by atoms with Crippen molar-refractivity contribution in [2.45, 2.75) is 52.7 Å². The van der Waals surface area contributed by atoms with Gasteiger partial charge in [-0.25, -0.2) is 9.97 Å². The third-order valence-corrected chi connectivity index (χ3v) is 5.75. The number of fused-ring (bicyclic) bond motifs is 3. The monoisotopic (exact) mass is 446 g/mol. The molecule has 0 saturated heterocycles. The van der Waals surface area contributed by atoms with Gasteiger partial charge in [-0.1, -0.05) is 38.1 Å². The predicted molar refractivity (Wildman–Crippen MR) is 134 cm³/mol. The number of rotatable bonds is 8. The number of para-hydroxylation sites is 2. The van der Waals surface area contributed by atoms with E-state index in [0.717, 1.165) is 51.6 Å². The van der Waals surface area contributed by atoms with E-state index >= 15 is 0 Å². The molecule has 0 fully saturated rings. The normalized spacial score (nSPS) is 12.1. The molecule has 6 nitrogen and oxygen atoms in total. The average molecular weight is 447 g/mol. The van der Waals surface area contributed by atoms with Crippen LogP contribution in [0.3, 0.4) is 0 Å². The summed E-state index contributed by atoms with van der Waals surface area (Å²) in [5, 5.41) is 10.7. The molecule has 2 aromatic carbocycles. The van der Waals surface area contributed by atoms with E-state index in [1.165, 1.54) is 0 Å². The van der Waals surface area contributed by atoms with E-state index in [0.29, 0.717) is 18.9 Å². The van der Waals surface area contributed by atoms with Crippen molar-refractivity contribution in [2.24, 2.45) is 5.92 Å². The van der Waals surface area contributed by atoms with Gasteiger partial charge in [0.05, 0.1) is 29.4 Å². The van der Waals surface area contributed by atoms with Crippen LogP contribution in [-0.2, 0) is 19.4 Å². The molecule has 0 aliphatic rings. The summed E-state index contributed by atoms with van der Waals surface area (Å²) in [5.74, 6) is 2.13. The van der Waals surface area contributed by atoms with Crippen LogP contribution < -0.4 is 9.64 Å². The van der Waals surface area contributed by atoms with Gasteiger partial charge in [0.25, 0.3) is 0 Å². The Morgan fingerprint density at radius 3 is 2.39 bits per heavy atom. The lowest BCUT2D eigenvalue weighted by Gasteiger charge is -2.21. The van der Waals surface area contributed by atoms with E-state index < -0.39 is 5.60 Å². The average Bonchev–Trinajstić information content (AvgIpc) is 3.09. The van der Waals surface area contributed by atoms with Crippen LogP contribution in [0.15, 0.2) is 48.5 Å². The molecule has 174 valence electrons. The first-order chi connectivity index (χ1) is 15.7. The standard InChI is InChI=1S/C27H34N4O2/c1-18(2)15-22-24(16-27(3,4)32)31-23-10-8-7-9-21(23)28-25(26(31)29-22)30(5)17-19-11-13-20(33-6)14-12-19/h7-14,18,32H,15-17H2,1-6H3. The Morgan fingerprint density at radius 2 is 1.76 bits per heavy atom. The topological polar surface area (TPSA) is 62.9 Å². The van der Waals surface area contributed by atoms with Crippen LogP contribution >= 0.6 is 0 Å². The molecule has 1 N–H and O–H groups in total. The van der Waals surface area contributed by atoms with Gasteiger partial charge in [0.2, 0.25) is 0 Å². The number of anilines is 1. The molecule has 4 rings (SSSR count). The number of hydrogen-bond acceptors (Lipinski definition) is 5. The van der Waals surface area contributed by atoms with Gasteiger partial charge >= 0.3 is 0 Å². The summed E-state index contributed by atoms with van der Waals surface area (Å²) in [4.78, 5) is 12.3. The molecule has 2 aromatic heterocycles. The fourth-order valence-electron chi connectivity index (χ4n) is 4.30. The minimum Gasteiger partial charge on any atom is -0.497 e. The molecule has 0 unspecified atom stereocenters. The smallest absolute Gasteiger partial charge is 0.181 e. The summed E-state index contributed by atoms with van der Waals surface area (Å²) in [6.45, 7) is 8.80. The highest BCUT2D eigenvalue weighted by Gasteiger charge is 2.25. The highest BCUT2D eigenvalue weighted by molar-refractivity contribution is 5.84. The molecule has 0 saturated carbocycles. The van der Waals surface area contributed by atoms with Gasteiger partial charge in [0.1, 0.15) is 5.75 Å². The Labute approximate surface area is 195 Å². The molecule has 0 bridgehead atoms. The zero-order valence-corrected chi connectivity index (χ0v) is 20.5. The van der Waals surface area contributed by atoms with Crippen molar-refractivity contribution >= 4 is 22.5 Å². The van der Waals surface area contributed by atoms with Gasteiger partial charge in [-0.2, -0.15) is 0 Å². The van der Waals surface area contributed by atoms with Crippen LogP contribution in [-0.4, -0.2) is 39.2 Å². The molecular formula is C27H34N4O2. The van der Waals surface area contributed by atoms with Crippen molar-refractivity contribution < 1.29 is 9.84 Å². The maximum atomic E-state index is 10.7. The third kappa shape index (κ3) is 4.96. The number of aliphatic hydroxyl groups is 1. The molecule has 4 aromatic rings. The molecule has 33 heavy (non-hydrogen) atoms. The number of aromatic nitrogens is 3. The van der Waals surface area contributed by atoms with Gasteiger partial charge in [-0.3, -0.25) is 4.40 Å². The molecule has 6 heteroatoms. The van der Waals surface area contributed by atoms with Crippen LogP contribution in [0.5, 0.6) is 5.75 Å². The number of methoxy groups -OCH3 is 1. The van der Waals surface area contributed by atoms with Crippen molar-refractivity contribution in [3.63, 3.8) is 0 Å². The van der Waals surface area contributed by atoms with Gasteiger partial charge in [-0.15, -0.1) is 0 Å². The van der Waals surface area contributed by atoms with E-state index in [-0.39, 0.29) is 0 Å². The first-order valence-electron chi connectivity index (χ1n) is 11.5. The highest BCUT2D eigenvalue weighted by atomic mass is 16.5. The van der Waals surface area contributed by atoms with Crippen LogP contribution in [0.1, 0.15) is 44.6 Å². The summed E-state index contributed by atoms with van der Waals surface area (Å²) in [5.41, 5.74) is 5.16. The molecule has 0 amide bonds. The van der Waals surface area contributed by atoms with Crippen LogP contribution in [0, 0.1) is 5.92 Å². The maximum Gasteiger partial charge on any atom is 0.181 e. The van der Waals surface area contributed by atoms with Crippen molar-refractivity contribution in [3.05, 3.63) is 65.5 Å². The second kappa shape index (κ2) is 9.02. The van der Waals surface area contributed by atoms with Crippen LogP contribution in [0.4, 0.5) is 5.82 Å². The van der Waals surface area contributed by atoms with Crippen molar-refractivity contribution in [1.29, 1.82) is 0 Å². The van der Waals surface area contributed by atoms with Crippen molar-refractivity contribution in [2.75, 3.05) is 19.1 Å². The summed E-state index contributed by atoms with van der Waals surface area (Å²) in [6.07, 6.45) is 1.37. The van der Waals surface area contributed by atoms with Crippen LogP contribution in [0.2, 0.25) is 0 Å². The lowest BCUT2D eigenvalue weighted by molar-refractivity contribution is 0.0795. The molecule has 0 radical (unpaired) electrons. The van der Waals surface area contributed by atoms with Crippen molar-refractivity contribution in [1.82, 2.24) is 14.4 Å². The summed E-state index contributed by atoms with van der Waals surface area (Å²) >= 11 is 0. The quantitative estimate of drug-likeness (QED) is 0.411. The zero-order valence-electron chi connectivity index (χ0n) is 20.5. The maximum absolute atomic E-state index is 10.7. The second-order valence-electron chi connectivity index (χ2n) is 9.88. The Bertz CT molecular complexity index is 1250. The Kier molecular flexibility index (Phi) is 6.30. The molecular weight excluding hydrogens is 412 g/mol. The Morgan fingerprint density at radius 1 is 1.06 bits per heavy atom. The second-order valence-corrected chi connectivity index (χ2v) is 9.88. The number of nitrogens with zero attached hydrogens (tertiary/aromatic N) is 4. The molecule has 0 atom stereocenters. The first kappa shape index (κ1) is 23.1. The third-order valence-electron chi connectivity index (χ3n) is 5.75. The predicted octanol–water partition coefficient (Wildman–Crippen LogP) is 5.04. The number of ether oxygens (including phenoxy) is 1. The molecule has 0 aliphatic heterocycles. The first-order valence-corrected chi connectivity index (χ1v) is 11.5. The SMILES string of the molecule is COc1ccc(CN(C)c2nc3ccccc3n3c(CC(C)(C)O)c(CC(C)C)nc23)cc1. The fraction of sp³-hybridized carbons (Fsp3) is 0.407. The molecule has 0 aliphatic carbocycles. The number of hydrogen-bond donors (Lipinski definition) is 1. The molecule has 0 spiro atoms. The fourth-order valence-corrected chi connectivity index (χ4v) is 4.30. The lowest BCUT2D eigenvalue weighted by Crippen LogP contribution is -2.24. The number of imidazole rings is 1. The van der Waals surface area contributed by atoms with E-state index in [1.54, 1.807) is 7.11 Å². The Balaban J connectivity index is 1.89. The van der Waals surface area contributed by atoms with E-state index in [9.17, 15) is 5.11 Å². The van der Waals surface area contributed by atoms with Gasteiger partial charge in [-0.05, 0) is 56.0 Å². The van der Waals surface area contributed by atoms with E-state index in [2.05, 4.69) is 41.3 Å². The summed E-state index contributed by atoms with van der Waals surface area (Å²) in [6, 6.07) is 16.3. The highest BCUT2D eigenvalue weighted by Crippen LogP contribution is 2.30. The number of benzene rings is 2. The van der Waals surface area contributed by atoms with Gasteiger partial charge in [0.15, 0.2) is 11.5 Å². The summed E-state index contributed by atoms with van der Waals surface area (Å²) in [7, 11) is 3.73. The minimum atomic E-state index is -0.846. The van der Waals surface area contributed by atoms with Crippen LogP contribution in [0.25, 0.3) is 16.7 Å². The Hall–Kier alpha value is -3.12.